The van der Waals surface area contributed by atoms with E-state index in [-0.39, 0.29) is 17.9 Å². The standard InChI is InChI=1S/C14H9Cl2NO2/c15-11-3-10(4-12(16)7-11)6-14(19)13-5-9(8-18)1-2-17-13/h1-5,7-8H,6H2. The van der Waals surface area contributed by atoms with Crippen molar-refractivity contribution in [3.63, 3.8) is 0 Å². The highest BCUT2D eigenvalue weighted by molar-refractivity contribution is 6.34. The van der Waals surface area contributed by atoms with Gasteiger partial charge in [-0.05, 0) is 35.9 Å². The Balaban J connectivity index is 2.22. The van der Waals surface area contributed by atoms with Crippen LogP contribution in [0.15, 0.2) is 36.5 Å². The molecular formula is C14H9Cl2NO2. The second-order valence-corrected chi connectivity index (χ2v) is 4.84. The molecule has 0 N–H and O–H groups in total. The van der Waals surface area contributed by atoms with E-state index in [1.165, 1.54) is 12.3 Å². The number of hydrogen-bond acceptors (Lipinski definition) is 3. The third-order valence-corrected chi connectivity index (χ3v) is 2.93. The lowest BCUT2D eigenvalue weighted by Gasteiger charge is -2.03. The van der Waals surface area contributed by atoms with Gasteiger partial charge in [-0.25, -0.2) is 0 Å². The molecule has 0 aliphatic heterocycles. The number of carbonyl (C=O) groups excluding carboxylic acids is 2. The Morgan fingerprint density at radius 1 is 1.16 bits per heavy atom. The fourth-order valence-corrected chi connectivity index (χ4v) is 2.23. The summed E-state index contributed by atoms with van der Waals surface area (Å²) < 4.78 is 0. The summed E-state index contributed by atoms with van der Waals surface area (Å²) in [5, 5.41) is 0.954. The highest BCUT2D eigenvalue weighted by Crippen LogP contribution is 2.20. The Morgan fingerprint density at radius 3 is 2.47 bits per heavy atom. The molecule has 1 aromatic heterocycles. The average Bonchev–Trinajstić information content (AvgIpc) is 2.37. The predicted molar refractivity (Wildman–Crippen MR) is 74.1 cm³/mol. The van der Waals surface area contributed by atoms with E-state index in [4.69, 9.17) is 23.2 Å². The van der Waals surface area contributed by atoms with Gasteiger partial charge in [0.1, 0.15) is 12.0 Å². The molecule has 0 radical (unpaired) electrons. The molecule has 96 valence electrons. The van der Waals surface area contributed by atoms with Crippen LogP contribution in [0.25, 0.3) is 0 Å². The molecule has 0 spiro atoms. The number of hydrogen-bond donors (Lipinski definition) is 0. The van der Waals surface area contributed by atoms with Crippen molar-refractivity contribution in [3.8, 4) is 0 Å². The minimum absolute atomic E-state index is 0.135. The number of aldehydes is 1. The van der Waals surface area contributed by atoms with Crippen LogP contribution in [-0.2, 0) is 6.42 Å². The molecule has 0 unspecified atom stereocenters. The predicted octanol–water partition coefficient (Wildman–Crippen LogP) is 3.63. The number of nitrogens with zero attached hydrogens (tertiary/aromatic N) is 1. The summed E-state index contributed by atoms with van der Waals surface area (Å²) in [7, 11) is 0. The van der Waals surface area contributed by atoms with Gasteiger partial charge in [-0.1, -0.05) is 23.2 Å². The molecule has 2 aromatic rings. The highest BCUT2D eigenvalue weighted by atomic mass is 35.5. The number of pyridine rings is 1. The molecule has 1 aromatic carbocycles. The lowest BCUT2D eigenvalue weighted by atomic mass is 10.1. The van der Waals surface area contributed by atoms with E-state index in [1.54, 1.807) is 24.3 Å². The van der Waals surface area contributed by atoms with Crippen molar-refractivity contribution < 1.29 is 9.59 Å². The molecule has 3 nitrogen and oxygen atoms in total. The van der Waals surface area contributed by atoms with Crippen molar-refractivity contribution in [3.05, 3.63) is 63.4 Å². The Hall–Kier alpha value is -1.71. The first kappa shape index (κ1) is 13.7. The minimum atomic E-state index is -0.193. The maximum absolute atomic E-state index is 12.0. The summed E-state index contributed by atoms with van der Waals surface area (Å²) in [5.41, 5.74) is 1.38. The Kier molecular flexibility index (Phi) is 4.30. The van der Waals surface area contributed by atoms with E-state index < -0.39 is 0 Å². The zero-order chi connectivity index (χ0) is 13.8. The fourth-order valence-electron chi connectivity index (χ4n) is 1.66. The van der Waals surface area contributed by atoms with E-state index in [9.17, 15) is 9.59 Å². The lowest BCUT2D eigenvalue weighted by Crippen LogP contribution is -2.06. The second kappa shape index (κ2) is 5.95. The number of ketones is 1. The summed E-state index contributed by atoms with van der Waals surface area (Å²) in [5.74, 6) is -0.193. The molecule has 0 aliphatic rings. The fraction of sp³-hybridized carbons (Fsp3) is 0.0714. The van der Waals surface area contributed by atoms with Crippen molar-refractivity contribution in [2.75, 3.05) is 0 Å². The summed E-state index contributed by atoms with van der Waals surface area (Å²) in [4.78, 5) is 26.6. The van der Waals surface area contributed by atoms with Gasteiger partial charge >= 0.3 is 0 Å². The monoisotopic (exact) mass is 293 g/mol. The van der Waals surface area contributed by atoms with Crippen molar-refractivity contribution >= 4 is 35.3 Å². The zero-order valence-corrected chi connectivity index (χ0v) is 11.3. The van der Waals surface area contributed by atoms with Crippen LogP contribution in [0.4, 0.5) is 0 Å². The van der Waals surface area contributed by atoms with Crippen LogP contribution in [0, 0.1) is 0 Å². The van der Waals surface area contributed by atoms with Crippen LogP contribution < -0.4 is 0 Å². The van der Waals surface area contributed by atoms with Gasteiger partial charge in [0.05, 0.1) is 0 Å². The molecule has 0 saturated carbocycles. The van der Waals surface area contributed by atoms with Gasteiger partial charge < -0.3 is 0 Å². The first-order valence-corrected chi connectivity index (χ1v) is 6.23. The average molecular weight is 294 g/mol. The molecule has 19 heavy (non-hydrogen) atoms. The highest BCUT2D eigenvalue weighted by Gasteiger charge is 2.10. The minimum Gasteiger partial charge on any atom is -0.298 e. The molecule has 0 saturated heterocycles. The van der Waals surface area contributed by atoms with Crippen LogP contribution in [0.2, 0.25) is 10.0 Å². The number of carbonyl (C=O) groups is 2. The molecule has 0 amide bonds. The largest absolute Gasteiger partial charge is 0.298 e. The lowest BCUT2D eigenvalue weighted by molar-refractivity contribution is 0.0988. The number of rotatable bonds is 4. The Morgan fingerprint density at radius 2 is 1.84 bits per heavy atom. The van der Waals surface area contributed by atoms with Gasteiger partial charge in [0.15, 0.2) is 5.78 Å². The van der Waals surface area contributed by atoms with Crippen molar-refractivity contribution in [2.24, 2.45) is 0 Å². The van der Waals surface area contributed by atoms with Gasteiger partial charge in [-0.3, -0.25) is 14.6 Å². The topological polar surface area (TPSA) is 47.0 Å². The van der Waals surface area contributed by atoms with Crippen LogP contribution in [-0.4, -0.2) is 17.1 Å². The third-order valence-electron chi connectivity index (χ3n) is 2.49. The number of benzene rings is 1. The van der Waals surface area contributed by atoms with E-state index in [0.717, 1.165) is 0 Å². The van der Waals surface area contributed by atoms with Gasteiger partial charge in [-0.2, -0.15) is 0 Å². The number of aromatic nitrogens is 1. The normalized spacial score (nSPS) is 10.2. The van der Waals surface area contributed by atoms with Crippen molar-refractivity contribution in [2.45, 2.75) is 6.42 Å². The van der Waals surface area contributed by atoms with Crippen LogP contribution >= 0.6 is 23.2 Å². The smallest absolute Gasteiger partial charge is 0.185 e. The van der Waals surface area contributed by atoms with E-state index in [1.807, 2.05) is 0 Å². The molecule has 0 bridgehead atoms. The maximum atomic E-state index is 12.0. The Bertz CT molecular complexity index is 621. The number of halogens is 2. The maximum Gasteiger partial charge on any atom is 0.185 e. The molecule has 2 rings (SSSR count). The van der Waals surface area contributed by atoms with E-state index in [2.05, 4.69) is 4.98 Å². The zero-order valence-electron chi connectivity index (χ0n) is 9.77. The Labute approximate surface area is 120 Å². The molecule has 0 atom stereocenters. The molecule has 1 heterocycles. The van der Waals surface area contributed by atoms with Gasteiger partial charge in [0, 0.05) is 28.2 Å². The molecule has 0 fully saturated rings. The van der Waals surface area contributed by atoms with Gasteiger partial charge in [0.25, 0.3) is 0 Å². The summed E-state index contributed by atoms with van der Waals surface area (Å²) in [6.45, 7) is 0. The van der Waals surface area contributed by atoms with Crippen LogP contribution in [0.5, 0.6) is 0 Å². The van der Waals surface area contributed by atoms with Crippen molar-refractivity contribution in [1.82, 2.24) is 4.98 Å². The first-order valence-electron chi connectivity index (χ1n) is 5.48. The summed E-state index contributed by atoms with van der Waals surface area (Å²) in [6.07, 6.45) is 2.24. The van der Waals surface area contributed by atoms with Crippen molar-refractivity contribution in [1.29, 1.82) is 0 Å². The van der Waals surface area contributed by atoms with Gasteiger partial charge in [-0.15, -0.1) is 0 Å². The van der Waals surface area contributed by atoms with Gasteiger partial charge in [0.2, 0.25) is 0 Å². The molecule has 0 aliphatic carbocycles. The SMILES string of the molecule is O=Cc1ccnc(C(=O)Cc2cc(Cl)cc(Cl)c2)c1. The van der Waals surface area contributed by atoms with Crippen LogP contribution in [0.1, 0.15) is 26.4 Å². The van der Waals surface area contributed by atoms with Crippen LogP contribution in [0.3, 0.4) is 0 Å². The second-order valence-electron chi connectivity index (χ2n) is 3.97. The van der Waals surface area contributed by atoms with E-state index in [0.29, 0.717) is 27.5 Å². The summed E-state index contributed by atoms with van der Waals surface area (Å²) >= 11 is 11.7. The quantitative estimate of drug-likeness (QED) is 0.639. The molecule has 5 heteroatoms. The first-order chi connectivity index (χ1) is 9.08. The number of Topliss-reactive ketones (excluding diaryl/α,β-unsaturated/α-hetero) is 1. The van der Waals surface area contributed by atoms with E-state index >= 15 is 0 Å². The third kappa shape index (κ3) is 3.63. The summed E-state index contributed by atoms with van der Waals surface area (Å²) in [6, 6.07) is 7.95. The molecular weight excluding hydrogens is 285 g/mol.